The van der Waals surface area contributed by atoms with Crippen LogP contribution in [0.4, 0.5) is 0 Å². The highest BCUT2D eigenvalue weighted by Gasteiger charge is 2.19. The van der Waals surface area contributed by atoms with Crippen molar-refractivity contribution >= 4 is 23.2 Å². The van der Waals surface area contributed by atoms with Crippen molar-refractivity contribution in [1.29, 1.82) is 0 Å². The van der Waals surface area contributed by atoms with Crippen molar-refractivity contribution < 1.29 is 9.84 Å². The van der Waals surface area contributed by atoms with E-state index < -0.39 is 6.10 Å². The second-order valence-corrected chi connectivity index (χ2v) is 5.39. The highest BCUT2D eigenvalue weighted by molar-refractivity contribution is 6.32. The average Bonchev–Trinajstić information content (AvgIpc) is 2.65. The van der Waals surface area contributed by atoms with E-state index in [1.807, 2.05) is 6.92 Å². The molecule has 2 rings (SSSR count). The fourth-order valence-electron chi connectivity index (χ4n) is 2.16. The molecule has 1 aromatic carbocycles. The van der Waals surface area contributed by atoms with Crippen molar-refractivity contribution in [3.8, 4) is 5.75 Å². The van der Waals surface area contributed by atoms with Crippen molar-refractivity contribution in [1.82, 2.24) is 9.78 Å². The highest BCUT2D eigenvalue weighted by atomic mass is 35.5. The summed E-state index contributed by atoms with van der Waals surface area (Å²) >= 11 is 12.2. The number of hydrogen-bond acceptors (Lipinski definition) is 3. The van der Waals surface area contributed by atoms with E-state index in [0.29, 0.717) is 27.8 Å². The van der Waals surface area contributed by atoms with E-state index in [1.165, 1.54) is 0 Å². The Morgan fingerprint density at radius 1 is 1.40 bits per heavy atom. The maximum absolute atomic E-state index is 10.4. The van der Waals surface area contributed by atoms with Crippen LogP contribution in [0.25, 0.3) is 0 Å². The third-order valence-electron chi connectivity index (χ3n) is 3.20. The van der Waals surface area contributed by atoms with Crippen molar-refractivity contribution in [3.05, 3.63) is 45.2 Å². The molecule has 0 bridgehead atoms. The molecule has 0 saturated carbocycles. The number of methoxy groups -OCH3 is 1. The molecule has 0 radical (unpaired) electrons. The van der Waals surface area contributed by atoms with Gasteiger partial charge in [0.25, 0.3) is 0 Å². The van der Waals surface area contributed by atoms with E-state index in [4.69, 9.17) is 27.9 Å². The number of benzene rings is 1. The van der Waals surface area contributed by atoms with E-state index in [9.17, 15) is 5.11 Å². The van der Waals surface area contributed by atoms with Crippen LogP contribution in [0.2, 0.25) is 10.0 Å². The maximum Gasteiger partial charge on any atom is 0.124 e. The summed E-state index contributed by atoms with van der Waals surface area (Å²) in [6.07, 6.45) is -0.427. The first kappa shape index (κ1) is 15.2. The third-order valence-corrected chi connectivity index (χ3v) is 3.93. The van der Waals surface area contributed by atoms with Gasteiger partial charge in [0, 0.05) is 24.1 Å². The molecule has 1 atom stereocenters. The Bertz CT molecular complexity index is 626. The number of hydrogen-bond donors (Lipinski definition) is 1. The Hall–Kier alpha value is -1.23. The zero-order valence-electron chi connectivity index (χ0n) is 11.5. The first-order valence-electron chi connectivity index (χ1n) is 6.13. The molecule has 6 heteroatoms. The summed E-state index contributed by atoms with van der Waals surface area (Å²) in [5, 5.41) is 15.8. The van der Waals surface area contributed by atoms with Gasteiger partial charge in [-0.05, 0) is 25.1 Å². The topological polar surface area (TPSA) is 47.3 Å². The van der Waals surface area contributed by atoms with E-state index >= 15 is 0 Å². The van der Waals surface area contributed by atoms with E-state index in [0.717, 1.165) is 11.4 Å². The summed E-state index contributed by atoms with van der Waals surface area (Å²) in [5.74, 6) is 0.594. The van der Waals surface area contributed by atoms with Crippen LogP contribution in [0, 0.1) is 6.92 Å². The average molecular weight is 315 g/mol. The number of ether oxygens (including phenoxy) is 1. The molecule has 0 aliphatic heterocycles. The summed E-state index contributed by atoms with van der Waals surface area (Å²) in [5.41, 5.74) is 2.16. The lowest BCUT2D eigenvalue weighted by atomic mass is 10.0. The van der Waals surface area contributed by atoms with Gasteiger partial charge in [-0.1, -0.05) is 23.2 Å². The highest BCUT2D eigenvalue weighted by Crippen LogP contribution is 2.32. The number of aryl methyl sites for hydroxylation is 2. The SMILES string of the molecule is COc1ccc(Cl)cc1C(O)Cc1c(Cl)c(C)nn1C. The van der Waals surface area contributed by atoms with Gasteiger partial charge < -0.3 is 9.84 Å². The Labute approximate surface area is 127 Å². The molecule has 0 fully saturated rings. The van der Waals surface area contributed by atoms with Gasteiger partial charge >= 0.3 is 0 Å². The molecule has 2 aromatic rings. The van der Waals surface area contributed by atoms with Crippen LogP contribution >= 0.6 is 23.2 Å². The molecule has 1 aromatic heterocycles. The molecule has 0 amide bonds. The molecular formula is C14H16Cl2N2O2. The van der Waals surface area contributed by atoms with Gasteiger partial charge in [-0.25, -0.2) is 0 Å². The monoisotopic (exact) mass is 314 g/mol. The van der Waals surface area contributed by atoms with Gasteiger partial charge in [0.1, 0.15) is 5.75 Å². The van der Waals surface area contributed by atoms with Crippen LogP contribution in [0.5, 0.6) is 5.75 Å². The van der Waals surface area contributed by atoms with Crippen LogP contribution in [0.15, 0.2) is 18.2 Å². The maximum atomic E-state index is 10.4. The third kappa shape index (κ3) is 2.92. The Kier molecular flexibility index (Phi) is 4.58. The minimum atomic E-state index is -0.768. The summed E-state index contributed by atoms with van der Waals surface area (Å²) in [7, 11) is 3.36. The quantitative estimate of drug-likeness (QED) is 0.941. The molecule has 20 heavy (non-hydrogen) atoms. The molecule has 0 saturated heterocycles. The lowest BCUT2D eigenvalue weighted by Gasteiger charge is -2.15. The number of aliphatic hydroxyl groups is 1. The largest absolute Gasteiger partial charge is 0.496 e. The molecule has 0 spiro atoms. The number of nitrogens with zero attached hydrogens (tertiary/aromatic N) is 2. The standard InChI is InChI=1S/C14H16Cl2N2O2/c1-8-14(16)11(18(2)17-8)7-12(19)10-6-9(15)4-5-13(10)20-3/h4-6,12,19H,7H2,1-3H3. The van der Waals surface area contributed by atoms with E-state index in [-0.39, 0.29) is 0 Å². The lowest BCUT2D eigenvalue weighted by Crippen LogP contribution is -2.08. The van der Waals surface area contributed by atoms with Crippen molar-refractivity contribution in [2.24, 2.45) is 7.05 Å². The number of halogens is 2. The Balaban J connectivity index is 2.32. The predicted molar refractivity (Wildman–Crippen MR) is 79.6 cm³/mol. The van der Waals surface area contributed by atoms with Crippen LogP contribution in [0.1, 0.15) is 23.1 Å². The van der Waals surface area contributed by atoms with E-state index in [1.54, 1.807) is 37.0 Å². The molecule has 0 aliphatic rings. The predicted octanol–water partition coefficient (Wildman–Crippen LogP) is 3.32. The van der Waals surface area contributed by atoms with Gasteiger partial charge in [0.05, 0.1) is 29.6 Å². The molecule has 0 aliphatic carbocycles. The van der Waals surface area contributed by atoms with Crippen LogP contribution in [-0.4, -0.2) is 22.0 Å². The normalized spacial score (nSPS) is 12.5. The molecule has 1 N–H and O–H groups in total. The van der Waals surface area contributed by atoms with Gasteiger partial charge in [0.2, 0.25) is 0 Å². The fourth-order valence-corrected chi connectivity index (χ4v) is 2.58. The second kappa shape index (κ2) is 6.04. The molecular weight excluding hydrogens is 299 g/mol. The zero-order valence-corrected chi connectivity index (χ0v) is 13.0. The smallest absolute Gasteiger partial charge is 0.124 e. The summed E-state index contributed by atoms with van der Waals surface area (Å²) < 4.78 is 6.93. The second-order valence-electron chi connectivity index (χ2n) is 4.58. The van der Waals surface area contributed by atoms with Gasteiger partial charge in [-0.2, -0.15) is 5.10 Å². The molecule has 1 heterocycles. The van der Waals surface area contributed by atoms with Crippen molar-refractivity contribution in [2.45, 2.75) is 19.4 Å². The van der Waals surface area contributed by atoms with Gasteiger partial charge in [0.15, 0.2) is 0 Å². The number of aromatic nitrogens is 2. The minimum Gasteiger partial charge on any atom is -0.496 e. The van der Waals surface area contributed by atoms with Crippen LogP contribution in [0.3, 0.4) is 0 Å². The van der Waals surface area contributed by atoms with Crippen LogP contribution < -0.4 is 4.74 Å². The van der Waals surface area contributed by atoms with Crippen molar-refractivity contribution in [2.75, 3.05) is 7.11 Å². The van der Waals surface area contributed by atoms with Crippen molar-refractivity contribution in [3.63, 3.8) is 0 Å². The molecule has 1 unspecified atom stereocenters. The van der Waals surface area contributed by atoms with Crippen LogP contribution in [-0.2, 0) is 13.5 Å². The number of aliphatic hydroxyl groups excluding tert-OH is 1. The summed E-state index contributed by atoms with van der Waals surface area (Å²) in [4.78, 5) is 0. The first-order chi connectivity index (χ1) is 9.43. The lowest BCUT2D eigenvalue weighted by molar-refractivity contribution is 0.171. The van der Waals surface area contributed by atoms with Gasteiger partial charge in [-0.15, -0.1) is 0 Å². The molecule has 108 valence electrons. The fraction of sp³-hybridized carbons (Fsp3) is 0.357. The zero-order chi connectivity index (χ0) is 14.9. The Morgan fingerprint density at radius 3 is 2.65 bits per heavy atom. The molecule has 4 nitrogen and oxygen atoms in total. The number of rotatable bonds is 4. The summed E-state index contributed by atoms with van der Waals surface area (Å²) in [6.45, 7) is 1.83. The van der Waals surface area contributed by atoms with Gasteiger partial charge in [-0.3, -0.25) is 4.68 Å². The minimum absolute atomic E-state index is 0.340. The summed E-state index contributed by atoms with van der Waals surface area (Å²) in [6, 6.07) is 5.15. The first-order valence-corrected chi connectivity index (χ1v) is 6.89. The Morgan fingerprint density at radius 2 is 2.10 bits per heavy atom. The van der Waals surface area contributed by atoms with E-state index in [2.05, 4.69) is 5.10 Å².